The fraction of sp³-hybridized carbons (Fsp3) is 0.417. The highest BCUT2D eigenvalue weighted by Crippen LogP contribution is 2.42. The lowest BCUT2D eigenvalue weighted by Crippen LogP contribution is -2.60. The van der Waals surface area contributed by atoms with Crippen molar-refractivity contribution >= 4 is 29.3 Å². The summed E-state index contributed by atoms with van der Waals surface area (Å²) < 4.78 is 10.8. The standard InChI is InChI=1S/C24H26N2O13/c27-8-17-18(29)19(30)20(31)24(39-17)38-16-6-10-5-14(23(36)37)26(13(10)7-15(16)28)2-1-9-3-11(21(32)33)25-12(4-9)22(34)35/h1-3,6-7,12,14,17-20,24,27-31H,4-5,8H2,(H,32,33)(H,34,35)(H,36,37)/t12?,14-,17-,18-,19+,20-,24+/m1/s1. The number of aliphatic hydroxyl groups is 4. The van der Waals surface area contributed by atoms with Gasteiger partial charge in [0, 0.05) is 30.8 Å². The summed E-state index contributed by atoms with van der Waals surface area (Å²) in [6.45, 7) is -0.688. The molecular formula is C24H26N2O13. The predicted molar refractivity (Wildman–Crippen MR) is 128 cm³/mol. The molecule has 1 fully saturated rings. The van der Waals surface area contributed by atoms with Crippen molar-refractivity contribution in [2.24, 2.45) is 4.99 Å². The normalized spacial score (nSPS) is 30.5. The molecule has 0 aromatic heterocycles. The van der Waals surface area contributed by atoms with Gasteiger partial charge in [-0.05, 0) is 29.4 Å². The van der Waals surface area contributed by atoms with Gasteiger partial charge in [0.2, 0.25) is 6.29 Å². The second-order valence-corrected chi connectivity index (χ2v) is 9.14. The Morgan fingerprint density at radius 3 is 2.38 bits per heavy atom. The molecule has 0 radical (unpaired) electrons. The van der Waals surface area contributed by atoms with Gasteiger partial charge in [-0.15, -0.1) is 0 Å². The van der Waals surface area contributed by atoms with Crippen molar-refractivity contribution < 1.29 is 64.7 Å². The van der Waals surface area contributed by atoms with E-state index in [2.05, 4.69) is 4.99 Å². The number of aromatic hydroxyl groups is 1. The quantitative estimate of drug-likeness (QED) is 0.178. The number of rotatable bonds is 8. The van der Waals surface area contributed by atoms with Crippen molar-refractivity contribution in [1.82, 2.24) is 0 Å². The summed E-state index contributed by atoms with van der Waals surface area (Å²) in [6.07, 6.45) is -4.19. The highest BCUT2D eigenvalue weighted by atomic mass is 16.7. The second-order valence-electron chi connectivity index (χ2n) is 9.14. The second kappa shape index (κ2) is 11.0. The number of phenols is 1. The molecule has 1 aromatic carbocycles. The minimum absolute atomic E-state index is 0.0566. The maximum atomic E-state index is 12.0. The third kappa shape index (κ3) is 5.57. The van der Waals surface area contributed by atoms with E-state index in [0.29, 0.717) is 5.56 Å². The van der Waals surface area contributed by atoms with E-state index in [0.717, 1.165) is 0 Å². The van der Waals surface area contributed by atoms with Crippen LogP contribution in [0.15, 0.2) is 41.1 Å². The van der Waals surface area contributed by atoms with Crippen LogP contribution < -0.4 is 9.64 Å². The number of allylic oxidation sites excluding steroid dienone is 1. The Hall–Kier alpha value is -4.02. The van der Waals surface area contributed by atoms with Gasteiger partial charge in [-0.3, -0.25) is 4.99 Å². The molecule has 1 aromatic rings. The SMILES string of the molecule is O=C(O)C1=NC(C(=O)O)CC(C=CN2c3cc(O)c(O[C@H]4O[C@H](CO)[C@@H](O)[C@H](O)[C@H]4O)cc3C[C@@H]2C(=O)O)=C1. The number of aliphatic hydroxyl groups excluding tert-OH is 4. The molecule has 3 aliphatic heterocycles. The van der Waals surface area contributed by atoms with Crippen molar-refractivity contribution in [3.63, 3.8) is 0 Å². The first-order valence-electron chi connectivity index (χ1n) is 11.7. The lowest BCUT2D eigenvalue weighted by molar-refractivity contribution is -0.277. The van der Waals surface area contributed by atoms with Crippen LogP contribution in [0.2, 0.25) is 0 Å². The molecule has 3 heterocycles. The van der Waals surface area contributed by atoms with Crippen LogP contribution >= 0.6 is 0 Å². The Balaban J connectivity index is 1.61. The summed E-state index contributed by atoms with van der Waals surface area (Å²) in [5.74, 6) is -4.67. The third-order valence-electron chi connectivity index (χ3n) is 6.56. The Labute approximate surface area is 219 Å². The van der Waals surface area contributed by atoms with E-state index in [1.165, 1.54) is 35.4 Å². The smallest absolute Gasteiger partial charge is 0.354 e. The number of carboxylic acids is 3. The molecule has 4 rings (SSSR count). The Morgan fingerprint density at radius 2 is 1.77 bits per heavy atom. The van der Waals surface area contributed by atoms with Gasteiger partial charge in [-0.1, -0.05) is 0 Å². The fourth-order valence-corrected chi connectivity index (χ4v) is 4.51. The van der Waals surface area contributed by atoms with E-state index in [9.17, 15) is 55.2 Å². The van der Waals surface area contributed by atoms with Gasteiger partial charge in [-0.25, -0.2) is 14.4 Å². The van der Waals surface area contributed by atoms with Crippen LogP contribution in [0.1, 0.15) is 12.0 Å². The van der Waals surface area contributed by atoms with Gasteiger partial charge in [0.05, 0.1) is 6.61 Å². The molecule has 39 heavy (non-hydrogen) atoms. The van der Waals surface area contributed by atoms with Crippen LogP contribution in [0.3, 0.4) is 0 Å². The Bertz CT molecular complexity index is 1260. The van der Waals surface area contributed by atoms with Gasteiger partial charge >= 0.3 is 17.9 Å². The molecular weight excluding hydrogens is 524 g/mol. The first-order chi connectivity index (χ1) is 18.4. The number of phenolic OH excluding ortho intramolecular Hbond substituents is 1. The van der Waals surface area contributed by atoms with Gasteiger partial charge in [-0.2, -0.15) is 0 Å². The Morgan fingerprint density at radius 1 is 1.05 bits per heavy atom. The number of anilines is 1. The minimum atomic E-state index is -1.74. The topological polar surface area (TPSA) is 247 Å². The molecule has 7 atom stereocenters. The lowest BCUT2D eigenvalue weighted by atomic mass is 9.99. The van der Waals surface area contributed by atoms with Crippen molar-refractivity contribution in [1.29, 1.82) is 0 Å². The van der Waals surface area contributed by atoms with Gasteiger partial charge in [0.25, 0.3) is 0 Å². The van der Waals surface area contributed by atoms with E-state index >= 15 is 0 Å². The third-order valence-corrected chi connectivity index (χ3v) is 6.56. The number of aliphatic carboxylic acids is 3. The van der Waals surface area contributed by atoms with Gasteiger partial charge in [0.1, 0.15) is 36.2 Å². The molecule has 0 bridgehead atoms. The molecule has 1 saturated heterocycles. The zero-order valence-corrected chi connectivity index (χ0v) is 20.1. The summed E-state index contributed by atoms with van der Waals surface area (Å²) in [6, 6.07) is 0.0330. The molecule has 0 saturated carbocycles. The number of carbonyl (C=O) groups is 3. The minimum Gasteiger partial charge on any atom is -0.504 e. The molecule has 0 aliphatic carbocycles. The highest BCUT2D eigenvalue weighted by Gasteiger charge is 2.45. The Kier molecular flexibility index (Phi) is 7.89. The number of hydrogen-bond acceptors (Lipinski definition) is 12. The van der Waals surface area contributed by atoms with E-state index in [4.69, 9.17) is 9.47 Å². The van der Waals surface area contributed by atoms with Crippen LogP contribution in [0.25, 0.3) is 0 Å². The lowest BCUT2D eigenvalue weighted by Gasteiger charge is -2.39. The number of carboxylic acid groups (broad SMARTS) is 3. The summed E-state index contributed by atoms with van der Waals surface area (Å²) in [5.41, 5.74) is 0.477. The zero-order valence-electron chi connectivity index (χ0n) is 20.1. The number of hydrogen-bond donors (Lipinski definition) is 8. The molecule has 8 N–H and O–H groups in total. The van der Waals surface area contributed by atoms with Crippen LogP contribution in [0.4, 0.5) is 5.69 Å². The van der Waals surface area contributed by atoms with Crippen molar-refractivity contribution in [3.05, 3.63) is 41.6 Å². The largest absolute Gasteiger partial charge is 0.504 e. The molecule has 210 valence electrons. The van der Waals surface area contributed by atoms with Crippen molar-refractivity contribution in [3.8, 4) is 11.5 Å². The zero-order chi connectivity index (χ0) is 28.6. The van der Waals surface area contributed by atoms with E-state index in [1.807, 2.05) is 0 Å². The average Bonchev–Trinajstić information content (AvgIpc) is 3.24. The van der Waals surface area contributed by atoms with Crippen molar-refractivity contribution in [2.45, 2.75) is 55.6 Å². The predicted octanol–water partition coefficient (Wildman–Crippen LogP) is -1.79. The number of fused-ring (bicyclic) bond motifs is 1. The van der Waals surface area contributed by atoms with Crippen LogP contribution in [0, 0.1) is 0 Å². The maximum absolute atomic E-state index is 12.0. The molecule has 0 spiro atoms. The summed E-state index contributed by atoms with van der Waals surface area (Å²) in [7, 11) is 0. The summed E-state index contributed by atoms with van der Waals surface area (Å²) in [5, 5.41) is 78.4. The highest BCUT2D eigenvalue weighted by molar-refractivity contribution is 6.41. The number of aliphatic imine (C=N–C) groups is 1. The summed E-state index contributed by atoms with van der Waals surface area (Å²) in [4.78, 5) is 39.7. The molecule has 15 nitrogen and oxygen atoms in total. The maximum Gasteiger partial charge on any atom is 0.354 e. The van der Waals surface area contributed by atoms with Crippen molar-refractivity contribution in [2.75, 3.05) is 11.5 Å². The van der Waals surface area contributed by atoms with E-state index < -0.39 is 78.8 Å². The average molecular weight is 550 g/mol. The number of dihydropyridines is 1. The number of benzene rings is 1. The molecule has 1 unspecified atom stereocenters. The first kappa shape index (κ1) is 28.0. The van der Waals surface area contributed by atoms with Crippen LogP contribution in [-0.4, -0.2) is 114 Å². The number of ether oxygens (including phenoxy) is 2. The van der Waals surface area contributed by atoms with Crippen LogP contribution in [-0.2, 0) is 25.5 Å². The van der Waals surface area contributed by atoms with E-state index in [1.54, 1.807) is 0 Å². The molecule has 15 heteroatoms. The molecule has 3 aliphatic rings. The fourth-order valence-electron chi connectivity index (χ4n) is 4.51. The number of nitrogens with zero attached hydrogens (tertiary/aromatic N) is 2. The van der Waals surface area contributed by atoms with Gasteiger partial charge in [0.15, 0.2) is 17.5 Å². The monoisotopic (exact) mass is 550 g/mol. The summed E-state index contributed by atoms with van der Waals surface area (Å²) >= 11 is 0. The van der Waals surface area contributed by atoms with Crippen LogP contribution in [0.5, 0.6) is 11.5 Å². The molecule has 0 amide bonds. The first-order valence-corrected chi connectivity index (χ1v) is 11.7. The van der Waals surface area contributed by atoms with E-state index in [-0.39, 0.29) is 29.9 Å². The van der Waals surface area contributed by atoms with Gasteiger partial charge < -0.3 is 55.2 Å².